The molecule has 0 aromatic heterocycles. The first-order chi connectivity index (χ1) is 20.2. The fourth-order valence-electron chi connectivity index (χ4n) is 8.31. The summed E-state index contributed by atoms with van der Waals surface area (Å²) >= 11 is 0. The number of esters is 2. The Hall–Kier alpha value is -4.46. The van der Waals surface area contributed by atoms with Crippen LogP contribution >= 0.6 is 0 Å². The number of carbonyl (C=O) groups is 4. The molecular formula is C34H30O8. The van der Waals surface area contributed by atoms with E-state index in [0.717, 1.165) is 11.1 Å². The highest BCUT2D eigenvalue weighted by Crippen LogP contribution is 2.54. The molecule has 0 amide bonds. The van der Waals surface area contributed by atoms with E-state index in [4.69, 9.17) is 9.47 Å². The summed E-state index contributed by atoms with van der Waals surface area (Å²) in [5.41, 5.74) is 2.01. The van der Waals surface area contributed by atoms with Crippen molar-refractivity contribution in [1.29, 1.82) is 0 Å². The fourth-order valence-corrected chi connectivity index (χ4v) is 8.31. The molecule has 214 valence electrons. The molecule has 4 bridgehead atoms. The van der Waals surface area contributed by atoms with Crippen molar-refractivity contribution in [3.63, 3.8) is 0 Å². The lowest BCUT2D eigenvalue weighted by Crippen LogP contribution is -2.36. The molecule has 2 N–H and O–H groups in total. The van der Waals surface area contributed by atoms with Crippen LogP contribution in [0, 0.1) is 47.3 Å². The molecule has 2 fully saturated rings. The molecule has 0 spiro atoms. The van der Waals surface area contributed by atoms with Gasteiger partial charge in [0.25, 0.3) is 0 Å². The van der Waals surface area contributed by atoms with Gasteiger partial charge in [-0.05, 0) is 50.4 Å². The maximum Gasteiger partial charge on any atom is 0.315 e. The molecule has 3 aromatic carbocycles. The largest absolute Gasteiger partial charge is 0.481 e. The van der Waals surface area contributed by atoms with Gasteiger partial charge in [0.15, 0.2) is 0 Å². The van der Waals surface area contributed by atoms with Gasteiger partial charge in [0.1, 0.15) is 11.5 Å². The van der Waals surface area contributed by atoms with Gasteiger partial charge in [-0.15, -0.1) is 0 Å². The molecule has 7 rings (SSSR count). The molecule has 4 aliphatic rings. The number of carbonyl (C=O) groups excluding carboxylic acids is 2. The Morgan fingerprint density at radius 3 is 1.24 bits per heavy atom. The van der Waals surface area contributed by atoms with E-state index in [9.17, 15) is 29.4 Å². The van der Waals surface area contributed by atoms with E-state index in [1.54, 1.807) is 48.5 Å². The van der Waals surface area contributed by atoms with Gasteiger partial charge in [-0.3, -0.25) is 19.2 Å². The topological polar surface area (TPSA) is 127 Å². The molecule has 42 heavy (non-hydrogen) atoms. The van der Waals surface area contributed by atoms with Crippen molar-refractivity contribution >= 4 is 45.4 Å². The van der Waals surface area contributed by atoms with Crippen LogP contribution in [0.4, 0.5) is 0 Å². The van der Waals surface area contributed by atoms with E-state index < -0.39 is 47.5 Å². The lowest BCUT2D eigenvalue weighted by atomic mass is 9.80. The highest BCUT2D eigenvalue weighted by molar-refractivity contribution is 6.13. The third-order valence-corrected chi connectivity index (χ3v) is 10.1. The predicted molar refractivity (Wildman–Crippen MR) is 153 cm³/mol. The zero-order valence-corrected chi connectivity index (χ0v) is 23.2. The monoisotopic (exact) mass is 566 g/mol. The number of rotatable bonds is 6. The normalized spacial score (nSPS) is 30.8. The second-order valence-electron chi connectivity index (χ2n) is 12.2. The Balaban J connectivity index is 1.29. The number of fused-ring (bicyclic) bond motifs is 6. The lowest BCUT2D eigenvalue weighted by Gasteiger charge is -2.27. The third kappa shape index (κ3) is 3.81. The van der Waals surface area contributed by atoms with Crippen molar-refractivity contribution in [3.05, 3.63) is 71.8 Å². The van der Waals surface area contributed by atoms with Crippen molar-refractivity contribution in [2.75, 3.05) is 0 Å². The summed E-state index contributed by atoms with van der Waals surface area (Å²) in [4.78, 5) is 51.8. The molecule has 2 saturated carbocycles. The van der Waals surface area contributed by atoms with Crippen molar-refractivity contribution in [3.8, 4) is 11.5 Å². The average molecular weight is 567 g/mol. The van der Waals surface area contributed by atoms with E-state index in [2.05, 4.69) is 0 Å². The quantitative estimate of drug-likeness (QED) is 0.170. The van der Waals surface area contributed by atoms with Gasteiger partial charge in [-0.2, -0.15) is 0 Å². The Bertz CT molecular complexity index is 1580. The summed E-state index contributed by atoms with van der Waals surface area (Å²) in [6, 6.07) is 14.2. The van der Waals surface area contributed by atoms with Crippen molar-refractivity contribution in [2.45, 2.75) is 26.7 Å². The fraction of sp³-hybridized carbons (Fsp3) is 0.353. The van der Waals surface area contributed by atoms with Gasteiger partial charge in [-0.25, -0.2) is 0 Å². The zero-order chi connectivity index (χ0) is 29.4. The van der Waals surface area contributed by atoms with Gasteiger partial charge in [0, 0.05) is 21.5 Å². The summed E-state index contributed by atoms with van der Waals surface area (Å²) in [7, 11) is 0. The summed E-state index contributed by atoms with van der Waals surface area (Å²) in [6.07, 6.45) is 5.22. The number of aliphatic carboxylic acids is 2. The van der Waals surface area contributed by atoms with E-state index in [1.165, 1.54) is 0 Å². The summed E-state index contributed by atoms with van der Waals surface area (Å²) < 4.78 is 12.2. The number of allylic oxidation sites excluding steroid dienone is 4. The highest BCUT2D eigenvalue weighted by Gasteiger charge is 2.56. The number of hydrogen-bond donors (Lipinski definition) is 2. The Morgan fingerprint density at radius 1 is 0.595 bits per heavy atom. The second kappa shape index (κ2) is 9.54. The summed E-state index contributed by atoms with van der Waals surface area (Å²) in [5, 5.41) is 22.1. The minimum Gasteiger partial charge on any atom is -0.481 e. The SMILES string of the molecule is CC1=CC2CC1C(C(=O)O)C2C(=O)Oc1c2ccccc2c(OC(=O)C2C3C=C(C)C(C3)C2C(=O)O)c2ccccc12. The molecule has 0 saturated heterocycles. The van der Waals surface area contributed by atoms with Crippen LogP contribution in [0.15, 0.2) is 71.8 Å². The van der Waals surface area contributed by atoms with E-state index in [0.29, 0.717) is 34.4 Å². The maximum absolute atomic E-state index is 13.7. The third-order valence-electron chi connectivity index (χ3n) is 10.1. The van der Waals surface area contributed by atoms with Crippen LogP contribution in [0.25, 0.3) is 21.5 Å². The number of hydrogen-bond acceptors (Lipinski definition) is 6. The van der Waals surface area contributed by atoms with E-state index in [-0.39, 0.29) is 35.2 Å². The van der Waals surface area contributed by atoms with Gasteiger partial charge < -0.3 is 19.7 Å². The van der Waals surface area contributed by atoms with E-state index >= 15 is 0 Å². The molecule has 0 heterocycles. The minimum atomic E-state index is -1.00. The molecule has 8 atom stereocenters. The molecule has 4 aliphatic carbocycles. The van der Waals surface area contributed by atoms with Gasteiger partial charge >= 0.3 is 23.9 Å². The standard InChI is InChI=1S/C34H30O8/c1-15-11-17-13-23(15)27(31(35)36)25(17)33(39)41-29-19-7-3-5-9-21(19)30(22-10-6-4-8-20(22)29)42-34(40)26-18-12-16(2)24(14-18)28(26)32(37)38/h3-12,17-18,23-28H,13-14H2,1-2H3,(H,35,36)(H,37,38). The van der Waals surface area contributed by atoms with Crippen LogP contribution in [-0.4, -0.2) is 34.1 Å². The predicted octanol–water partition coefficient (Wildman–Crippen LogP) is 5.63. The molecule has 8 heteroatoms. The number of carboxylic acid groups (broad SMARTS) is 2. The first-order valence-electron chi connectivity index (χ1n) is 14.3. The molecular weight excluding hydrogens is 536 g/mol. The van der Waals surface area contributed by atoms with Crippen molar-refractivity contribution in [2.24, 2.45) is 47.3 Å². The van der Waals surface area contributed by atoms with Crippen molar-refractivity contribution < 1.29 is 38.9 Å². The first-order valence-corrected chi connectivity index (χ1v) is 14.3. The van der Waals surface area contributed by atoms with Crippen LogP contribution in [0.1, 0.15) is 26.7 Å². The van der Waals surface area contributed by atoms with Crippen LogP contribution < -0.4 is 9.47 Å². The maximum atomic E-state index is 13.7. The van der Waals surface area contributed by atoms with Crippen LogP contribution in [0.3, 0.4) is 0 Å². The molecule has 0 radical (unpaired) electrons. The number of ether oxygens (including phenoxy) is 2. The van der Waals surface area contributed by atoms with Gasteiger partial charge in [0.05, 0.1) is 23.7 Å². The van der Waals surface area contributed by atoms with Crippen molar-refractivity contribution in [1.82, 2.24) is 0 Å². The number of benzene rings is 3. The molecule has 3 aromatic rings. The molecule has 8 unspecified atom stereocenters. The van der Waals surface area contributed by atoms with Gasteiger partial charge in [0.2, 0.25) is 0 Å². The second-order valence-corrected chi connectivity index (χ2v) is 12.2. The van der Waals surface area contributed by atoms with Gasteiger partial charge in [-0.1, -0.05) is 71.8 Å². The zero-order valence-electron chi connectivity index (χ0n) is 23.2. The molecule has 8 nitrogen and oxygen atoms in total. The number of carboxylic acids is 2. The van der Waals surface area contributed by atoms with Crippen LogP contribution in [0.2, 0.25) is 0 Å². The Kier molecular flexibility index (Phi) is 6.01. The van der Waals surface area contributed by atoms with Crippen LogP contribution in [0.5, 0.6) is 11.5 Å². The Labute approximate surface area is 241 Å². The highest BCUT2D eigenvalue weighted by atomic mass is 16.5. The average Bonchev–Trinajstić information content (AvgIpc) is 3.73. The van der Waals surface area contributed by atoms with E-state index in [1.807, 2.05) is 26.0 Å². The summed E-state index contributed by atoms with van der Waals surface area (Å²) in [5.74, 6) is -6.65. The lowest BCUT2D eigenvalue weighted by molar-refractivity contribution is -0.152. The van der Waals surface area contributed by atoms with Crippen LogP contribution in [-0.2, 0) is 19.2 Å². The summed E-state index contributed by atoms with van der Waals surface area (Å²) in [6.45, 7) is 3.83. The Morgan fingerprint density at radius 2 is 0.929 bits per heavy atom. The smallest absolute Gasteiger partial charge is 0.315 e. The minimum absolute atomic E-state index is 0.181. The first kappa shape index (κ1) is 26.4. The molecule has 0 aliphatic heterocycles.